The molecule has 0 aliphatic carbocycles. The summed E-state index contributed by atoms with van der Waals surface area (Å²) in [5, 5.41) is 10.00. The van der Waals surface area contributed by atoms with Gasteiger partial charge in [0.15, 0.2) is 17.6 Å². The molecule has 0 aromatic heterocycles. The number of aliphatic hydroxyl groups excluding tert-OH is 1. The standard InChI is InChI=1S/C12H15ClO6/c1-16-7-5-6(9(14)12(15)19-4)10(17-2)8(13)11(7)18-3/h5,9,14H,1-4H3. The molecule has 106 valence electrons. The van der Waals surface area contributed by atoms with Crippen molar-refractivity contribution in [2.24, 2.45) is 0 Å². The Hall–Kier alpha value is -1.66. The number of ether oxygens (including phenoxy) is 4. The average Bonchev–Trinajstić information content (AvgIpc) is 2.44. The van der Waals surface area contributed by atoms with Gasteiger partial charge in [0.05, 0.1) is 28.4 Å². The number of hydrogen-bond acceptors (Lipinski definition) is 6. The van der Waals surface area contributed by atoms with Gasteiger partial charge in [-0.3, -0.25) is 0 Å². The third-order valence-electron chi connectivity index (χ3n) is 2.52. The Balaban J connectivity index is 3.46. The molecule has 0 radical (unpaired) electrons. The van der Waals surface area contributed by atoms with Crippen LogP contribution in [0.4, 0.5) is 0 Å². The van der Waals surface area contributed by atoms with Crippen LogP contribution in [-0.4, -0.2) is 39.5 Å². The van der Waals surface area contributed by atoms with Crippen molar-refractivity contribution >= 4 is 17.6 Å². The van der Waals surface area contributed by atoms with Gasteiger partial charge in [0.2, 0.25) is 0 Å². The summed E-state index contributed by atoms with van der Waals surface area (Å²) in [4.78, 5) is 11.4. The van der Waals surface area contributed by atoms with Crippen LogP contribution in [0.3, 0.4) is 0 Å². The fourth-order valence-corrected chi connectivity index (χ4v) is 1.96. The average molecular weight is 291 g/mol. The molecule has 7 heteroatoms. The molecule has 1 N–H and O–H groups in total. The number of carbonyl (C=O) groups excluding carboxylic acids is 1. The van der Waals surface area contributed by atoms with Crippen LogP contribution in [0.1, 0.15) is 11.7 Å². The molecule has 1 atom stereocenters. The fraction of sp³-hybridized carbons (Fsp3) is 0.417. The van der Waals surface area contributed by atoms with Gasteiger partial charge in [-0.15, -0.1) is 0 Å². The second kappa shape index (κ2) is 6.49. The molecule has 0 fully saturated rings. The fourth-order valence-electron chi connectivity index (χ4n) is 1.60. The molecule has 0 amide bonds. The number of hydrogen-bond donors (Lipinski definition) is 1. The number of halogens is 1. The number of esters is 1. The number of aliphatic hydroxyl groups is 1. The maximum absolute atomic E-state index is 11.4. The lowest BCUT2D eigenvalue weighted by Crippen LogP contribution is -2.15. The predicted molar refractivity (Wildman–Crippen MR) is 68.1 cm³/mol. The van der Waals surface area contributed by atoms with E-state index in [1.165, 1.54) is 34.5 Å². The lowest BCUT2D eigenvalue weighted by molar-refractivity contribution is -0.150. The van der Waals surface area contributed by atoms with E-state index in [-0.39, 0.29) is 27.8 Å². The van der Waals surface area contributed by atoms with Crippen molar-refractivity contribution in [3.8, 4) is 17.2 Å². The summed E-state index contributed by atoms with van der Waals surface area (Å²) >= 11 is 6.10. The van der Waals surface area contributed by atoms with Gasteiger partial charge in [0, 0.05) is 5.56 Å². The molecule has 6 nitrogen and oxygen atoms in total. The molecule has 1 unspecified atom stereocenters. The molecule has 0 saturated heterocycles. The first-order chi connectivity index (χ1) is 9.01. The van der Waals surface area contributed by atoms with Crippen LogP contribution in [0.5, 0.6) is 17.2 Å². The molecule has 0 saturated carbocycles. The van der Waals surface area contributed by atoms with Crippen LogP contribution >= 0.6 is 11.6 Å². The molecule has 0 spiro atoms. The summed E-state index contributed by atoms with van der Waals surface area (Å²) in [5.41, 5.74) is 0.136. The highest BCUT2D eigenvalue weighted by molar-refractivity contribution is 6.34. The molecule has 1 aromatic rings. The van der Waals surface area contributed by atoms with Gasteiger partial charge in [-0.2, -0.15) is 0 Å². The maximum atomic E-state index is 11.4. The van der Waals surface area contributed by atoms with Crippen LogP contribution in [0.2, 0.25) is 5.02 Å². The van der Waals surface area contributed by atoms with Crippen LogP contribution in [0.25, 0.3) is 0 Å². The normalized spacial score (nSPS) is 11.7. The Morgan fingerprint density at radius 3 is 2.16 bits per heavy atom. The number of methoxy groups -OCH3 is 4. The lowest BCUT2D eigenvalue weighted by Gasteiger charge is -2.18. The van der Waals surface area contributed by atoms with Crippen molar-refractivity contribution in [3.05, 3.63) is 16.7 Å². The molecule has 0 aliphatic heterocycles. The van der Waals surface area contributed by atoms with Crippen LogP contribution in [0.15, 0.2) is 6.07 Å². The van der Waals surface area contributed by atoms with E-state index in [0.29, 0.717) is 0 Å². The number of carbonyl (C=O) groups is 1. The zero-order valence-electron chi connectivity index (χ0n) is 11.0. The third kappa shape index (κ3) is 2.85. The summed E-state index contributed by atoms with van der Waals surface area (Å²) in [5.74, 6) is -0.188. The van der Waals surface area contributed by atoms with E-state index in [1.807, 2.05) is 0 Å². The van der Waals surface area contributed by atoms with Crippen molar-refractivity contribution < 1.29 is 28.8 Å². The zero-order valence-corrected chi connectivity index (χ0v) is 11.8. The molecule has 1 rings (SSSR count). The second-order valence-corrected chi connectivity index (χ2v) is 3.85. The number of benzene rings is 1. The highest BCUT2D eigenvalue weighted by Gasteiger charge is 2.27. The van der Waals surface area contributed by atoms with Crippen molar-refractivity contribution in [2.45, 2.75) is 6.10 Å². The zero-order chi connectivity index (χ0) is 14.6. The number of rotatable bonds is 5. The Morgan fingerprint density at radius 2 is 1.74 bits per heavy atom. The minimum Gasteiger partial charge on any atom is -0.495 e. The van der Waals surface area contributed by atoms with Crippen LogP contribution in [-0.2, 0) is 9.53 Å². The summed E-state index contributed by atoms with van der Waals surface area (Å²) in [6.45, 7) is 0. The molecule has 0 aliphatic rings. The largest absolute Gasteiger partial charge is 0.495 e. The van der Waals surface area contributed by atoms with E-state index in [2.05, 4.69) is 4.74 Å². The topological polar surface area (TPSA) is 74.2 Å². The van der Waals surface area contributed by atoms with Gasteiger partial charge >= 0.3 is 5.97 Å². The highest BCUT2D eigenvalue weighted by Crippen LogP contribution is 2.45. The van der Waals surface area contributed by atoms with Gasteiger partial charge in [-0.05, 0) is 6.07 Å². The lowest BCUT2D eigenvalue weighted by atomic mass is 10.1. The molecule has 0 bridgehead atoms. The van der Waals surface area contributed by atoms with E-state index in [0.717, 1.165) is 0 Å². The Kier molecular flexibility index (Phi) is 5.26. The Labute approximate surface area is 115 Å². The molecule has 1 aromatic carbocycles. The Bertz CT molecular complexity index is 474. The van der Waals surface area contributed by atoms with Gasteiger partial charge in [0.25, 0.3) is 0 Å². The van der Waals surface area contributed by atoms with E-state index in [9.17, 15) is 9.90 Å². The second-order valence-electron chi connectivity index (χ2n) is 3.47. The summed E-state index contributed by atoms with van der Waals surface area (Å²) in [6, 6.07) is 1.41. The molecule has 0 heterocycles. The van der Waals surface area contributed by atoms with Crippen LogP contribution in [0, 0.1) is 0 Å². The van der Waals surface area contributed by atoms with Gasteiger partial charge in [-0.25, -0.2) is 4.79 Å². The first kappa shape index (κ1) is 15.4. The highest BCUT2D eigenvalue weighted by atomic mass is 35.5. The van der Waals surface area contributed by atoms with E-state index in [1.54, 1.807) is 0 Å². The summed E-state index contributed by atoms with van der Waals surface area (Å²) in [6.07, 6.45) is -1.53. The predicted octanol–water partition coefficient (Wildman–Crippen LogP) is 1.57. The first-order valence-electron chi connectivity index (χ1n) is 5.26. The van der Waals surface area contributed by atoms with Crippen LogP contribution < -0.4 is 14.2 Å². The van der Waals surface area contributed by atoms with E-state index >= 15 is 0 Å². The van der Waals surface area contributed by atoms with E-state index in [4.69, 9.17) is 25.8 Å². The molecule has 19 heavy (non-hydrogen) atoms. The Morgan fingerprint density at radius 1 is 1.16 bits per heavy atom. The van der Waals surface area contributed by atoms with Crippen molar-refractivity contribution in [1.82, 2.24) is 0 Å². The SMILES string of the molecule is COC(=O)C(O)c1cc(OC)c(OC)c(Cl)c1OC. The maximum Gasteiger partial charge on any atom is 0.339 e. The molecular weight excluding hydrogens is 276 g/mol. The summed E-state index contributed by atoms with van der Waals surface area (Å²) in [7, 11) is 5.36. The van der Waals surface area contributed by atoms with Gasteiger partial charge in [0.1, 0.15) is 10.8 Å². The van der Waals surface area contributed by atoms with Crippen molar-refractivity contribution in [3.63, 3.8) is 0 Å². The minimum atomic E-state index is -1.53. The smallest absolute Gasteiger partial charge is 0.339 e. The monoisotopic (exact) mass is 290 g/mol. The van der Waals surface area contributed by atoms with E-state index < -0.39 is 12.1 Å². The summed E-state index contributed by atoms with van der Waals surface area (Å²) < 4.78 is 19.8. The quantitative estimate of drug-likeness (QED) is 0.830. The van der Waals surface area contributed by atoms with Gasteiger partial charge < -0.3 is 24.1 Å². The molecular formula is C12H15ClO6. The third-order valence-corrected chi connectivity index (χ3v) is 2.86. The minimum absolute atomic E-state index is 0.0994. The first-order valence-corrected chi connectivity index (χ1v) is 5.63. The van der Waals surface area contributed by atoms with Crippen molar-refractivity contribution in [1.29, 1.82) is 0 Å². The van der Waals surface area contributed by atoms with Crippen molar-refractivity contribution in [2.75, 3.05) is 28.4 Å². The van der Waals surface area contributed by atoms with Gasteiger partial charge in [-0.1, -0.05) is 11.6 Å².